The molecule has 2 heterocycles. The lowest BCUT2D eigenvalue weighted by Gasteiger charge is -2.33. The molecule has 1 spiro atoms. The molecule has 83 heavy (non-hydrogen) atoms. The molecule has 2 aliphatic rings. The number of hydrogen-bond acceptors (Lipinski definition) is 3. The van der Waals surface area contributed by atoms with Crippen LogP contribution in [0.4, 0.5) is 34.1 Å². The summed E-state index contributed by atoms with van der Waals surface area (Å²) in [7, 11) is 0. The van der Waals surface area contributed by atoms with Crippen LogP contribution in [0.25, 0.3) is 92.2 Å². The largest absolute Gasteiger partial charge is 0.310 e. The Kier molecular flexibility index (Phi) is 10.7. The summed E-state index contributed by atoms with van der Waals surface area (Å²) in [4.78, 5) is 4.98. The quantitative estimate of drug-likeness (QED) is 0.143. The van der Waals surface area contributed by atoms with Gasteiger partial charge in [-0.3, -0.25) is 0 Å². The monoisotopic (exact) mass is 1070 g/mol. The van der Waals surface area contributed by atoms with Crippen LogP contribution < -0.4 is 9.80 Å². The summed E-state index contributed by atoms with van der Waals surface area (Å²) >= 11 is 1.90. The first kappa shape index (κ1) is 47.3. The third-order valence-electron chi connectivity index (χ3n) is 17.5. The van der Waals surface area contributed by atoms with E-state index in [4.69, 9.17) is 0 Å². The van der Waals surface area contributed by atoms with E-state index in [-0.39, 0.29) is 0 Å². The van der Waals surface area contributed by atoms with Crippen LogP contribution in [0, 0.1) is 0 Å². The summed E-state index contributed by atoms with van der Waals surface area (Å²) in [6, 6.07) is 115. The van der Waals surface area contributed by atoms with Crippen molar-refractivity contribution in [1.29, 1.82) is 0 Å². The van der Waals surface area contributed by atoms with Gasteiger partial charge in [0.15, 0.2) is 0 Å². The molecule has 0 N–H and O–H groups in total. The zero-order chi connectivity index (χ0) is 54.6. The van der Waals surface area contributed by atoms with E-state index in [1.807, 2.05) is 11.3 Å². The van der Waals surface area contributed by atoms with Crippen LogP contribution in [0.5, 0.6) is 0 Å². The number of thiophene rings is 1. The Balaban J connectivity index is 0.985. The van der Waals surface area contributed by atoms with Gasteiger partial charge in [0.05, 0.1) is 26.8 Å². The van der Waals surface area contributed by atoms with E-state index in [1.54, 1.807) is 0 Å². The molecule has 0 amide bonds. The molecule has 17 rings (SSSR count). The van der Waals surface area contributed by atoms with Crippen molar-refractivity contribution >= 4 is 87.4 Å². The molecule has 0 radical (unpaired) electrons. The van der Waals surface area contributed by atoms with Gasteiger partial charge in [0.1, 0.15) is 0 Å². The van der Waals surface area contributed by atoms with Gasteiger partial charge in [0.2, 0.25) is 0 Å². The Labute approximate surface area is 486 Å². The molecule has 0 saturated heterocycles. The average Bonchev–Trinajstić information content (AvgIpc) is 1.60. The molecule has 0 aliphatic heterocycles. The summed E-state index contributed by atoms with van der Waals surface area (Å²) in [5, 5.41) is 4.95. The number of para-hydroxylation sites is 4. The van der Waals surface area contributed by atoms with Crippen molar-refractivity contribution in [2.45, 2.75) is 5.41 Å². The summed E-state index contributed by atoms with van der Waals surface area (Å²) in [5.41, 5.74) is 24.5. The van der Waals surface area contributed by atoms with Crippen LogP contribution in [0.2, 0.25) is 0 Å². The molecule has 2 aromatic heterocycles. The highest BCUT2D eigenvalue weighted by atomic mass is 32.1. The highest BCUT2D eigenvalue weighted by molar-refractivity contribution is 7.26. The Morgan fingerprint density at radius 1 is 0.313 bits per heavy atom. The summed E-state index contributed by atoms with van der Waals surface area (Å²) in [6.45, 7) is 0. The SMILES string of the molecule is c1ccc(-c2ccc(N(c3ccccc3)c3cc(-c4cc5c6ccccc6n(-c6ccccc6)c5c5sc6ccccc6c45)cc(N(c4ccccc4)c4cccc5c4-c4ccccc4C54c5ccccc5-c5ccccc54)c3)cc2)cc1. The second-order valence-corrected chi connectivity index (χ2v) is 22.9. The van der Waals surface area contributed by atoms with Crippen molar-refractivity contribution in [2.24, 2.45) is 0 Å². The number of fused-ring (bicyclic) bond motifs is 17. The minimum Gasteiger partial charge on any atom is -0.310 e. The minimum absolute atomic E-state index is 0.513. The lowest BCUT2D eigenvalue weighted by atomic mass is 9.70. The summed E-state index contributed by atoms with van der Waals surface area (Å²) in [5.74, 6) is 0. The first-order chi connectivity index (χ1) is 41.2. The van der Waals surface area contributed by atoms with Gasteiger partial charge in [-0.1, -0.05) is 218 Å². The van der Waals surface area contributed by atoms with Gasteiger partial charge in [-0.05, 0) is 152 Å². The van der Waals surface area contributed by atoms with Crippen molar-refractivity contribution in [3.8, 4) is 50.2 Å². The molecular weight excluding hydrogens is 1020 g/mol. The van der Waals surface area contributed by atoms with E-state index < -0.39 is 5.41 Å². The van der Waals surface area contributed by atoms with Gasteiger partial charge in [0.25, 0.3) is 0 Å². The van der Waals surface area contributed by atoms with Crippen molar-refractivity contribution < 1.29 is 0 Å². The minimum atomic E-state index is -0.513. The molecule has 0 bridgehead atoms. The predicted molar refractivity (Wildman–Crippen MR) is 350 cm³/mol. The maximum absolute atomic E-state index is 2.54. The van der Waals surface area contributed by atoms with Crippen molar-refractivity contribution in [3.05, 3.63) is 332 Å². The maximum Gasteiger partial charge on any atom is 0.0726 e. The zero-order valence-corrected chi connectivity index (χ0v) is 46.0. The molecule has 15 aromatic rings. The Morgan fingerprint density at radius 2 is 0.819 bits per heavy atom. The highest BCUT2D eigenvalue weighted by Gasteiger charge is 2.52. The van der Waals surface area contributed by atoms with Crippen molar-refractivity contribution in [2.75, 3.05) is 9.80 Å². The standard InChI is InChI=1S/C79H51N3S/c1-5-24-52(25-6-1)53-44-46-58(47-45-53)80(55-26-7-2-8-27-55)59-48-54(66-51-67-63-34-16-21-41-72(63)82(57-30-11-4-12-31-57)77(67)78-75(66)65-36-17-22-43-74(65)83-78)49-60(50-59)81(56-28-9-3-10-29-56)73-42-23-40-71-76(73)64-35-15-20-39-70(64)79(71)68-37-18-13-32-61(68)62-33-14-19-38-69(62)79/h1-51H. The second kappa shape index (κ2) is 18.8. The topological polar surface area (TPSA) is 11.4 Å². The molecule has 0 unspecified atom stereocenters. The van der Waals surface area contributed by atoms with Gasteiger partial charge < -0.3 is 14.4 Å². The van der Waals surface area contributed by atoms with Gasteiger partial charge >= 0.3 is 0 Å². The number of rotatable bonds is 9. The number of benzene rings is 13. The molecule has 3 nitrogen and oxygen atoms in total. The van der Waals surface area contributed by atoms with Crippen LogP contribution in [0.15, 0.2) is 309 Å². The van der Waals surface area contributed by atoms with Crippen LogP contribution in [0.3, 0.4) is 0 Å². The zero-order valence-electron chi connectivity index (χ0n) is 45.2. The normalized spacial score (nSPS) is 12.7. The lowest BCUT2D eigenvalue weighted by Crippen LogP contribution is -2.26. The van der Waals surface area contributed by atoms with E-state index in [0.29, 0.717) is 0 Å². The van der Waals surface area contributed by atoms with E-state index in [9.17, 15) is 0 Å². The van der Waals surface area contributed by atoms with E-state index in [2.05, 4.69) is 324 Å². The number of anilines is 6. The highest BCUT2D eigenvalue weighted by Crippen LogP contribution is 2.65. The second-order valence-electron chi connectivity index (χ2n) is 21.9. The van der Waals surface area contributed by atoms with Crippen LogP contribution in [-0.2, 0) is 5.41 Å². The Morgan fingerprint density at radius 3 is 1.51 bits per heavy atom. The number of nitrogens with zero attached hydrogens (tertiary/aromatic N) is 3. The molecule has 0 saturated carbocycles. The molecule has 2 aliphatic carbocycles. The van der Waals surface area contributed by atoms with Gasteiger partial charge in [-0.25, -0.2) is 0 Å². The van der Waals surface area contributed by atoms with Gasteiger partial charge in [-0.15, -0.1) is 11.3 Å². The fraction of sp³-hybridized carbons (Fsp3) is 0.0127. The first-order valence-electron chi connectivity index (χ1n) is 28.6. The molecular formula is C79H51N3S. The third-order valence-corrected chi connectivity index (χ3v) is 18.7. The summed E-state index contributed by atoms with van der Waals surface area (Å²) < 4.78 is 5.01. The lowest BCUT2D eigenvalue weighted by molar-refractivity contribution is 0.794. The van der Waals surface area contributed by atoms with Crippen LogP contribution in [-0.4, -0.2) is 4.57 Å². The van der Waals surface area contributed by atoms with E-state index >= 15 is 0 Å². The van der Waals surface area contributed by atoms with Crippen molar-refractivity contribution in [3.63, 3.8) is 0 Å². The number of hydrogen-bond donors (Lipinski definition) is 0. The molecule has 13 aromatic carbocycles. The molecule has 4 heteroatoms. The summed E-state index contributed by atoms with van der Waals surface area (Å²) in [6.07, 6.45) is 0. The van der Waals surface area contributed by atoms with Crippen LogP contribution in [0.1, 0.15) is 22.3 Å². The third kappa shape index (κ3) is 7.10. The van der Waals surface area contributed by atoms with Crippen molar-refractivity contribution in [1.82, 2.24) is 4.57 Å². The Bertz CT molecular complexity index is 4980. The van der Waals surface area contributed by atoms with E-state index in [0.717, 1.165) is 45.4 Å². The first-order valence-corrected chi connectivity index (χ1v) is 29.4. The number of aromatic nitrogens is 1. The van der Waals surface area contributed by atoms with Gasteiger partial charge in [-0.2, -0.15) is 0 Å². The molecule has 0 fully saturated rings. The average molecular weight is 1070 g/mol. The Hall–Kier alpha value is -10.5. The molecule has 0 atom stereocenters. The van der Waals surface area contributed by atoms with Crippen LogP contribution >= 0.6 is 11.3 Å². The maximum atomic E-state index is 2.54. The fourth-order valence-corrected chi connectivity index (χ4v) is 15.5. The molecule has 388 valence electrons. The van der Waals surface area contributed by atoms with Gasteiger partial charge in [0, 0.05) is 65.9 Å². The van der Waals surface area contributed by atoms with E-state index in [1.165, 1.54) is 103 Å². The predicted octanol–water partition coefficient (Wildman–Crippen LogP) is 21.8. The smallest absolute Gasteiger partial charge is 0.0726 e. The fourth-order valence-electron chi connectivity index (χ4n) is 14.2.